The number of nitrogens with one attached hydrogen (secondary N) is 3. The lowest BCUT2D eigenvalue weighted by atomic mass is 10.0. The highest BCUT2D eigenvalue weighted by molar-refractivity contribution is 7.91. The van der Waals surface area contributed by atoms with Crippen molar-refractivity contribution < 1.29 is 46.5 Å². The lowest BCUT2D eigenvalue weighted by Gasteiger charge is -2.30. The number of sulfonamides is 1. The lowest BCUT2D eigenvalue weighted by Crippen LogP contribution is -2.58. The summed E-state index contributed by atoms with van der Waals surface area (Å²) in [7, 11) is -3.91. The van der Waals surface area contributed by atoms with Crippen LogP contribution in [0.15, 0.2) is 53.9 Å². The smallest absolute Gasteiger partial charge is 0.408 e. The second-order valence-corrected chi connectivity index (χ2v) is 19.0. The number of hydrogen-bond acceptors (Lipinski definition) is 13. The third kappa shape index (κ3) is 8.03. The molecule has 0 bridgehead atoms. The number of nitrogens with zero attached hydrogens (tertiary/aromatic N) is 3. The number of benzene rings is 1. The Morgan fingerprint density at radius 1 is 0.948 bits per heavy atom. The molecule has 2 saturated heterocycles. The number of amides is 4. The van der Waals surface area contributed by atoms with E-state index in [1.165, 1.54) is 16.2 Å². The number of fused-ring (bicyclic) bond motifs is 4. The molecule has 308 valence electrons. The van der Waals surface area contributed by atoms with E-state index < -0.39 is 74.8 Å². The van der Waals surface area contributed by atoms with Crippen molar-refractivity contribution in [1.29, 1.82) is 0 Å². The molecule has 4 amide bonds. The first-order chi connectivity index (χ1) is 28.1. The largest absolute Gasteiger partial charge is 0.471 e. The number of alkyl carbamates (subject to hydrolysis) is 1. The average Bonchev–Trinajstić information content (AvgIpc) is 3.86. The van der Waals surface area contributed by atoms with Crippen molar-refractivity contribution in [3.8, 4) is 16.5 Å². The lowest BCUT2D eigenvalue weighted by molar-refractivity contribution is -0.141. The van der Waals surface area contributed by atoms with Crippen LogP contribution in [0.2, 0.25) is 0 Å². The fraction of sp³-hybridized carbons (Fsp3) is 0.550. The first kappa shape index (κ1) is 38.8. The molecule has 3 aliphatic heterocycles. The Labute approximate surface area is 339 Å². The molecule has 9 rings (SSSR count). The van der Waals surface area contributed by atoms with Crippen molar-refractivity contribution in [2.24, 2.45) is 5.92 Å². The number of para-hydroxylation sites is 2. The molecular formula is C40H46N6O10S2. The summed E-state index contributed by atoms with van der Waals surface area (Å²) < 4.78 is 51.6. The average molecular weight is 835 g/mol. The molecule has 16 nitrogen and oxygen atoms in total. The van der Waals surface area contributed by atoms with E-state index in [0.717, 1.165) is 17.7 Å². The molecule has 5 heterocycles. The topological polar surface area (TPSA) is 204 Å². The molecule has 18 heteroatoms. The molecule has 58 heavy (non-hydrogen) atoms. The van der Waals surface area contributed by atoms with E-state index in [1.807, 2.05) is 53.9 Å². The maximum atomic E-state index is 14.7. The van der Waals surface area contributed by atoms with Crippen molar-refractivity contribution in [2.45, 2.75) is 118 Å². The molecule has 3 aliphatic carbocycles. The third-order valence-corrected chi connectivity index (χ3v) is 14.6. The number of carbonyl (C=O) groups is 4. The van der Waals surface area contributed by atoms with Gasteiger partial charge >= 0.3 is 6.09 Å². The van der Waals surface area contributed by atoms with Gasteiger partial charge in [-0.05, 0) is 62.1 Å². The van der Waals surface area contributed by atoms with E-state index in [1.54, 1.807) is 0 Å². The van der Waals surface area contributed by atoms with Gasteiger partial charge in [0, 0.05) is 25.2 Å². The first-order valence-electron chi connectivity index (χ1n) is 20.1. The van der Waals surface area contributed by atoms with Gasteiger partial charge in [-0.2, -0.15) is 0 Å². The van der Waals surface area contributed by atoms with E-state index >= 15 is 0 Å². The van der Waals surface area contributed by atoms with Crippen LogP contribution in [0, 0.1) is 5.92 Å². The monoisotopic (exact) mass is 834 g/mol. The molecule has 3 saturated carbocycles. The molecule has 6 aliphatic rings. The van der Waals surface area contributed by atoms with Gasteiger partial charge in [0.2, 0.25) is 27.7 Å². The van der Waals surface area contributed by atoms with Crippen LogP contribution < -0.4 is 20.1 Å². The predicted octanol–water partition coefficient (Wildman–Crippen LogP) is 3.71. The van der Waals surface area contributed by atoms with Gasteiger partial charge in [0.15, 0.2) is 0 Å². The third-order valence-electron chi connectivity index (χ3n) is 11.9. The highest BCUT2D eigenvalue weighted by Gasteiger charge is 2.62. The molecule has 5 fully saturated rings. The summed E-state index contributed by atoms with van der Waals surface area (Å²) >= 11 is 1.47. The number of ether oxygens (including phenoxy) is 4. The van der Waals surface area contributed by atoms with Crippen molar-refractivity contribution in [3.05, 3.63) is 53.9 Å². The van der Waals surface area contributed by atoms with Crippen LogP contribution in [-0.4, -0.2) is 108 Å². The molecule has 3 aromatic rings. The molecule has 7 atom stereocenters. The summed E-state index contributed by atoms with van der Waals surface area (Å²) in [5, 5.41) is 6.99. The Bertz CT molecular complexity index is 2210. The summed E-state index contributed by atoms with van der Waals surface area (Å²) in [6, 6.07) is 9.04. The van der Waals surface area contributed by atoms with Gasteiger partial charge in [0.1, 0.15) is 42.3 Å². The number of allylic oxidation sites excluding steroid dienone is 1. The van der Waals surface area contributed by atoms with Crippen LogP contribution in [-0.2, 0) is 38.6 Å². The Balaban J connectivity index is 1.01. The van der Waals surface area contributed by atoms with E-state index in [4.69, 9.17) is 28.9 Å². The fourth-order valence-electron chi connectivity index (χ4n) is 8.55. The first-order valence-corrected chi connectivity index (χ1v) is 22.5. The second-order valence-electron chi connectivity index (χ2n) is 16.1. The van der Waals surface area contributed by atoms with E-state index in [2.05, 4.69) is 15.4 Å². The summed E-state index contributed by atoms with van der Waals surface area (Å²) in [6.45, 7) is 0.173. The van der Waals surface area contributed by atoms with Gasteiger partial charge in [-0.25, -0.2) is 23.2 Å². The number of hydrogen-bond donors (Lipinski definition) is 3. The minimum Gasteiger partial charge on any atom is -0.471 e. The van der Waals surface area contributed by atoms with Gasteiger partial charge in [0.25, 0.3) is 5.91 Å². The van der Waals surface area contributed by atoms with Gasteiger partial charge in [-0.15, -0.1) is 11.3 Å². The molecule has 0 radical (unpaired) electrons. The molecule has 3 unspecified atom stereocenters. The van der Waals surface area contributed by atoms with Gasteiger partial charge in [-0.3, -0.25) is 19.1 Å². The molecule has 3 N–H and O–H groups in total. The van der Waals surface area contributed by atoms with Crippen LogP contribution in [0.4, 0.5) is 4.79 Å². The SMILES string of the molecule is O=C(N[C@H]1CCCCC/C=C\C2C[C@@]2(C(=O)NS(=O)(=O)C2CC2)NC(=O)[C@@H]2C[C@@H](Oc3nc4ccccc4nc3-c3cccs3)CN2C1=O)OC1CC2OCOC2C1. The summed E-state index contributed by atoms with van der Waals surface area (Å²) in [6.07, 6.45) is 6.83. The number of rotatable bonds is 8. The van der Waals surface area contributed by atoms with Crippen LogP contribution >= 0.6 is 11.3 Å². The zero-order chi connectivity index (χ0) is 40.0. The van der Waals surface area contributed by atoms with Crippen molar-refractivity contribution >= 4 is 56.2 Å². The van der Waals surface area contributed by atoms with Crippen LogP contribution in [0.5, 0.6) is 5.88 Å². The number of carbonyl (C=O) groups excluding carboxylic acids is 4. The maximum absolute atomic E-state index is 14.7. The van der Waals surface area contributed by atoms with Crippen LogP contribution in [0.3, 0.4) is 0 Å². The van der Waals surface area contributed by atoms with Crippen LogP contribution in [0.1, 0.15) is 70.6 Å². The molecule has 1 aromatic carbocycles. The van der Waals surface area contributed by atoms with E-state index in [-0.39, 0.29) is 44.3 Å². The minimum atomic E-state index is -3.91. The Hall–Kier alpha value is -4.65. The Morgan fingerprint density at radius 2 is 1.72 bits per heavy atom. The summed E-state index contributed by atoms with van der Waals surface area (Å²) in [4.78, 5) is 68.4. The Kier molecular flexibility index (Phi) is 10.6. The normalized spacial score (nSPS) is 31.9. The highest BCUT2D eigenvalue weighted by atomic mass is 32.2. The zero-order valence-corrected chi connectivity index (χ0v) is 33.4. The minimum absolute atomic E-state index is 0.0244. The number of thiophene rings is 1. The highest BCUT2D eigenvalue weighted by Crippen LogP contribution is 2.46. The van der Waals surface area contributed by atoms with E-state index in [0.29, 0.717) is 61.7 Å². The van der Waals surface area contributed by atoms with Crippen molar-refractivity contribution in [3.63, 3.8) is 0 Å². The Morgan fingerprint density at radius 3 is 2.47 bits per heavy atom. The fourth-order valence-corrected chi connectivity index (χ4v) is 10.6. The van der Waals surface area contributed by atoms with E-state index in [9.17, 15) is 27.6 Å². The van der Waals surface area contributed by atoms with Crippen LogP contribution in [0.25, 0.3) is 21.6 Å². The number of aromatic nitrogens is 2. The van der Waals surface area contributed by atoms with Crippen molar-refractivity contribution in [2.75, 3.05) is 13.3 Å². The molecular weight excluding hydrogens is 789 g/mol. The second kappa shape index (κ2) is 15.8. The standard InChI is InChI=1S/C40H46N6O10S2/c47-35-30-17-25(55-36-34(33-13-8-16-57-33)41-27-10-6-7-11-28(27)42-36)21-46(30)37(48)29(43-39(50)56-24-18-31-32(19-24)54-22-53-31)12-5-3-1-2-4-9-23-20-40(23,44-35)38(49)45-58(51,52)26-14-15-26/h4,6-11,13,16,23-26,29-32H,1-3,5,12,14-15,17-22H2,(H,43,50)(H,44,47)(H,45,49)/b9-4-/t23?,24?,25-,29+,30+,31?,32?,40-/m1/s1. The van der Waals surface area contributed by atoms with Crippen molar-refractivity contribution in [1.82, 2.24) is 30.2 Å². The predicted molar refractivity (Wildman–Crippen MR) is 210 cm³/mol. The van der Waals surface area contributed by atoms with Gasteiger partial charge in [0.05, 0.1) is 39.9 Å². The summed E-state index contributed by atoms with van der Waals surface area (Å²) in [5.74, 6) is -2.13. The maximum Gasteiger partial charge on any atom is 0.408 e. The molecule has 2 aromatic heterocycles. The summed E-state index contributed by atoms with van der Waals surface area (Å²) in [5.41, 5.74) is 0.277. The molecule has 0 spiro atoms. The van der Waals surface area contributed by atoms with Gasteiger partial charge < -0.3 is 34.5 Å². The zero-order valence-electron chi connectivity index (χ0n) is 31.7. The quantitative estimate of drug-likeness (QED) is 0.278. The van der Waals surface area contributed by atoms with Gasteiger partial charge in [-0.1, -0.05) is 43.2 Å².